The van der Waals surface area contributed by atoms with E-state index in [-0.39, 0.29) is 0 Å². The molecule has 1 aliphatic heterocycles. The Labute approximate surface area is 113 Å². The molecule has 0 atom stereocenters. The van der Waals surface area contributed by atoms with Gasteiger partial charge in [-0.15, -0.1) is 0 Å². The summed E-state index contributed by atoms with van der Waals surface area (Å²) in [7, 11) is -3.39. The van der Waals surface area contributed by atoms with E-state index in [1.54, 1.807) is 34.3 Å². The van der Waals surface area contributed by atoms with E-state index in [0.717, 1.165) is 23.5 Å². The molecule has 0 aromatic heterocycles. The lowest BCUT2D eigenvalue weighted by molar-refractivity contribution is 0.435. The van der Waals surface area contributed by atoms with E-state index < -0.39 is 10.0 Å². The fourth-order valence-electron chi connectivity index (χ4n) is 2.04. The summed E-state index contributed by atoms with van der Waals surface area (Å²) < 4.78 is 26.6. The standard InChI is InChI=1S/C12H18N2O2S2/c1-10-7-11(13)9-12(8-10)18(15,16)14-3-2-5-17-6-4-14/h7-9H,2-6,13H2,1H3. The molecule has 0 saturated carbocycles. The van der Waals surface area contributed by atoms with E-state index in [0.29, 0.717) is 23.7 Å². The summed E-state index contributed by atoms with van der Waals surface area (Å²) in [6, 6.07) is 5.00. The van der Waals surface area contributed by atoms with Crippen LogP contribution in [0.2, 0.25) is 0 Å². The van der Waals surface area contributed by atoms with Crippen molar-refractivity contribution < 1.29 is 8.42 Å². The van der Waals surface area contributed by atoms with Crippen LogP contribution in [0.3, 0.4) is 0 Å². The molecule has 6 heteroatoms. The Morgan fingerprint density at radius 2 is 2.00 bits per heavy atom. The second kappa shape index (κ2) is 5.50. The molecule has 1 fully saturated rings. The van der Waals surface area contributed by atoms with Gasteiger partial charge in [-0.05, 0) is 42.9 Å². The fourth-order valence-corrected chi connectivity index (χ4v) is 4.66. The first kappa shape index (κ1) is 13.7. The molecular weight excluding hydrogens is 268 g/mol. The molecule has 1 aromatic carbocycles. The second-order valence-corrected chi connectivity index (χ2v) is 7.61. The lowest BCUT2D eigenvalue weighted by Gasteiger charge is -2.20. The zero-order valence-corrected chi connectivity index (χ0v) is 12.1. The Hall–Kier alpha value is -0.720. The number of hydrogen-bond donors (Lipinski definition) is 1. The summed E-state index contributed by atoms with van der Waals surface area (Å²) in [6.45, 7) is 3.04. The second-order valence-electron chi connectivity index (χ2n) is 4.45. The predicted octanol–water partition coefficient (Wildman–Crippen LogP) is 1.70. The first-order valence-corrected chi connectivity index (χ1v) is 8.55. The van der Waals surface area contributed by atoms with Crippen molar-refractivity contribution in [2.24, 2.45) is 0 Å². The third kappa shape index (κ3) is 2.99. The maximum atomic E-state index is 12.5. The maximum absolute atomic E-state index is 12.5. The van der Waals surface area contributed by atoms with Crippen LogP contribution in [-0.4, -0.2) is 37.3 Å². The number of thioether (sulfide) groups is 1. The van der Waals surface area contributed by atoms with Crippen LogP contribution < -0.4 is 5.73 Å². The average molecular weight is 286 g/mol. The number of sulfonamides is 1. The average Bonchev–Trinajstić information content (AvgIpc) is 2.56. The van der Waals surface area contributed by atoms with Gasteiger partial charge in [0.05, 0.1) is 4.90 Å². The zero-order valence-electron chi connectivity index (χ0n) is 10.4. The van der Waals surface area contributed by atoms with Gasteiger partial charge >= 0.3 is 0 Å². The molecule has 0 radical (unpaired) electrons. The van der Waals surface area contributed by atoms with Crippen molar-refractivity contribution >= 4 is 27.5 Å². The molecular formula is C12H18N2O2S2. The molecule has 0 aliphatic carbocycles. The van der Waals surface area contributed by atoms with Gasteiger partial charge in [-0.3, -0.25) is 0 Å². The highest BCUT2D eigenvalue weighted by molar-refractivity contribution is 7.99. The topological polar surface area (TPSA) is 63.4 Å². The van der Waals surface area contributed by atoms with Gasteiger partial charge in [0.25, 0.3) is 0 Å². The molecule has 1 aromatic rings. The van der Waals surface area contributed by atoms with Gasteiger partial charge in [0.2, 0.25) is 10.0 Å². The summed E-state index contributed by atoms with van der Waals surface area (Å²) in [6.07, 6.45) is 0.908. The molecule has 0 amide bonds. The van der Waals surface area contributed by atoms with Gasteiger partial charge in [0.15, 0.2) is 0 Å². The summed E-state index contributed by atoms with van der Waals surface area (Å²) in [4.78, 5) is 0.312. The molecule has 1 heterocycles. The summed E-state index contributed by atoms with van der Waals surface area (Å²) in [5.41, 5.74) is 7.10. The highest BCUT2D eigenvalue weighted by Crippen LogP contribution is 2.22. The molecule has 1 aliphatic rings. The van der Waals surface area contributed by atoms with Crippen LogP contribution in [0.25, 0.3) is 0 Å². The summed E-state index contributed by atoms with van der Waals surface area (Å²) >= 11 is 1.81. The Morgan fingerprint density at radius 3 is 2.72 bits per heavy atom. The molecule has 2 N–H and O–H groups in total. The number of nitrogens with two attached hydrogens (primary N) is 1. The lowest BCUT2D eigenvalue weighted by Crippen LogP contribution is -2.33. The van der Waals surface area contributed by atoms with Crippen molar-refractivity contribution in [2.45, 2.75) is 18.2 Å². The van der Waals surface area contributed by atoms with Crippen LogP contribution in [-0.2, 0) is 10.0 Å². The number of nitrogens with zero attached hydrogens (tertiary/aromatic N) is 1. The Kier molecular flexibility index (Phi) is 4.19. The minimum atomic E-state index is -3.39. The molecule has 1 saturated heterocycles. The maximum Gasteiger partial charge on any atom is 0.243 e. The van der Waals surface area contributed by atoms with E-state index in [2.05, 4.69) is 0 Å². The van der Waals surface area contributed by atoms with Crippen molar-refractivity contribution in [3.05, 3.63) is 23.8 Å². The molecule has 100 valence electrons. The number of aryl methyl sites for hydroxylation is 1. The molecule has 4 nitrogen and oxygen atoms in total. The summed E-state index contributed by atoms with van der Waals surface area (Å²) in [5, 5.41) is 0. The third-order valence-electron chi connectivity index (χ3n) is 2.89. The highest BCUT2D eigenvalue weighted by atomic mass is 32.2. The number of nitrogen functional groups attached to an aromatic ring is 1. The van der Waals surface area contributed by atoms with Crippen molar-refractivity contribution in [1.82, 2.24) is 4.31 Å². The van der Waals surface area contributed by atoms with Crippen LogP contribution in [0.4, 0.5) is 5.69 Å². The Bertz CT molecular complexity index is 501. The van der Waals surface area contributed by atoms with Gasteiger partial charge in [-0.25, -0.2) is 8.42 Å². The number of hydrogen-bond acceptors (Lipinski definition) is 4. The largest absolute Gasteiger partial charge is 0.399 e. The quantitative estimate of drug-likeness (QED) is 0.841. The minimum absolute atomic E-state index is 0.312. The molecule has 0 bridgehead atoms. The van der Waals surface area contributed by atoms with Crippen LogP contribution in [0.1, 0.15) is 12.0 Å². The fraction of sp³-hybridized carbons (Fsp3) is 0.500. The van der Waals surface area contributed by atoms with Gasteiger partial charge in [0.1, 0.15) is 0 Å². The predicted molar refractivity (Wildman–Crippen MR) is 76.3 cm³/mol. The number of anilines is 1. The van der Waals surface area contributed by atoms with E-state index in [1.165, 1.54) is 0 Å². The first-order valence-electron chi connectivity index (χ1n) is 5.95. The Morgan fingerprint density at radius 1 is 1.22 bits per heavy atom. The summed E-state index contributed by atoms with van der Waals surface area (Å²) in [5.74, 6) is 1.89. The van der Waals surface area contributed by atoms with Crippen molar-refractivity contribution in [3.8, 4) is 0 Å². The van der Waals surface area contributed by atoms with Gasteiger partial charge in [-0.2, -0.15) is 16.1 Å². The van der Waals surface area contributed by atoms with Crippen LogP contribution in [0.15, 0.2) is 23.1 Å². The minimum Gasteiger partial charge on any atom is -0.399 e. The molecule has 2 rings (SSSR count). The third-order valence-corrected chi connectivity index (χ3v) is 5.82. The number of benzene rings is 1. The molecule has 18 heavy (non-hydrogen) atoms. The van der Waals surface area contributed by atoms with E-state index >= 15 is 0 Å². The van der Waals surface area contributed by atoms with Crippen LogP contribution in [0.5, 0.6) is 0 Å². The van der Waals surface area contributed by atoms with E-state index in [9.17, 15) is 8.42 Å². The van der Waals surface area contributed by atoms with Gasteiger partial charge < -0.3 is 5.73 Å². The monoisotopic (exact) mass is 286 g/mol. The van der Waals surface area contributed by atoms with E-state index in [4.69, 9.17) is 5.73 Å². The Balaban J connectivity index is 2.34. The van der Waals surface area contributed by atoms with Crippen molar-refractivity contribution in [2.75, 3.05) is 30.3 Å². The first-order chi connectivity index (χ1) is 8.50. The van der Waals surface area contributed by atoms with Crippen molar-refractivity contribution in [3.63, 3.8) is 0 Å². The van der Waals surface area contributed by atoms with Gasteiger partial charge in [0, 0.05) is 24.5 Å². The molecule has 0 unspecified atom stereocenters. The smallest absolute Gasteiger partial charge is 0.243 e. The van der Waals surface area contributed by atoms with E-state index in [1.807, 2.05) is 6.92 Å². The highest BCUT2D eigenvalue weighted by Gasteiger charge is 2.25. The zero-order chi connectivity index (χ0) is 13.2. The normalized spacial score (nSPS) is 18.5. The number of rotatable bonds is 2. The van der Waals surface area contributed by atoms with Crippen LogP contribution in [0, 0.1) is 6.92 Å². The van der Waals surface area contributed by atoms with Crippen molar-refractivity contribution in [1.29, 1.82) is 0 Å². The van der Waals surface area contributed by atoms with Gasteiger partial charge in [-0.1, -0.05) is 0 Å². The SMILES string of the molecule is Cc1cc(N)cc(S(=O)(=O)N2CCCSCC2)c1. The lowest BCUT2D eigenvalue weighted by atomic mass is 10.2. The molecule has 0 spiro atoms. The van der Waals surface area contributed by atoms with Crippen LogP contribution >= 0.6 is 11.8 Å².